The van der Waals surface area contributed by atoms with Crippen molar-refractivity contribution in [3.8, 4) is 0 Å². The molecule has 0 N–H and O–H groups in total. The minimum atomic E-state index is -0.240. The summed E-state index contributed by atoms with van der Waals surface area (Å²) in [7, 11) is 0. The lowest BCUT2D eigenvalue weighted by molar-refractivity contribution is -0.128. The Morgan fingerprint density at radius 2 is 1.92 bits per heavy atom. The van der Waals surface area contributed by atoms with E-state index in [4.69, 9.17) is 4.42 Å². The summed E-state index contributed by atoms with van der Waals surface area (Å²) in [4.78, 5) is 16.3. The van der Waals surface area contributed by atoms with Crippen LogP contribution >= 0.6 is 23.5 Å². The highest BCUT2D eigenvalue weighted by molar-refractivity contribution is 7.99. The van der Waals surface area contributed by atoms with Crippen LogP contribution in [0.3, 0.4) is 0 Å². The fraction of sp³-hybridized carbons (Fsp3) is 0.438. The number of piperazine rings is 1. The zero-order chi connectivity index (χ0) is 17.6. The van der Waals surface area contributed by atoms with E-state index in [1.54, 1.807) is 23.9 Å². The van der Waals surface area contributed by atoms with Crippen LogP contribution in [-0.2, 0) is 10.5 Å². The number of hydrogen-bond acceptors (Lipinski definition) is 7. The summed E-state index contributed by atoms with van der Waals surface area (Å²) in [5, 5.41) is 8.30. The largest absolute Gasteiger partial charge is 0.415 e. The van der Waals surface area contributed by atoms with E-state index in [0.29, 0.717) is 30.0 Å². The van der Waals surface area contributed by atoms with Crippen molar-refractivity contribution in [2.24, 2.45) is 0 Å². The Balaban J connectivity index is 1.45. The van der Waals surface area contributed by atoms with Gasteiger partial charge in [0.25, 0.3) is 5.22 Å². The van der Waals surface area contributed by atoms with E-state index < -0.39 is 0 Å². The summed E-state index contributed by atoms with van der Waals surface area (Å²) in [6.45, 7) is 2.78. The van der Waals surface area contributed by atoms with Gasteiger partial charge in [-0.3, -0.25) is 4.79 Å². The van der Waals surface area contributed by atoms with E-state index in [1.165, 1.54) is 23.9 Å². The number of rotatable bonds is 6. The molecule has 0 radical (unpaired) electrons. The molecule has 1 aliphatic heterocycles. The van der Waals surface area contributed by atoms with Gasteiger partial charge in [-0.25, -0.2) is 4.39 Å². The fourth-order valence-corrected chi connectivity index (χ4v) is 3.61. The molecule has 1 aromatic heterocycles. The number of anilines is 1. The van der Waals surface area contributed by atoms with Crippen LogP contribution in [0, 0.1) is 5.82 Å². The zero-order valence-corrected chi connectivity index (χ0v) is 15.5. The molecule has 0 saturated carbocycles. The molecule has 0 unspecified atom stereocenters. The van der Waals surface area contributed by atoms with Crippen LogP contribution in [0.4, 0.5) is 10.1 Å². The molecule has 25 heavy (non-hydrogen) atoms. The Morgan fingerprint density at radius 3 is 2.60 bits per heavy atom. The first-order valence-electron chi connectivity index (χ1n) is 7.88. The average molecular weight is 382 g/mol. The lowest BCUT2D eigenvalue weighted by Gasteiger charge is -2.36. The Labute approximate surface area is 154 Å². The van der Waals surface area contributed by atoms with Gasteiger partial charge in [-0.05, 0) is 30.5 Å². The second-order valence-electron chi connectivity index (χ2n) is 5.53. The molecule has 6 nitrogen and oxygen atoms in total. The number of benzene rings is 1. The van der Waals surface area contributed by atoms with Gasteiger partial charge in [-0.15, -0.1) is 10.2 Å². The first-order valence-corrected chi connectivity index (χ1v) is 10.3. The summed E-state index contributed by atoms with van der Waals surface area (Å²) < 4.78 is 18.5. The van der Waals surface area contributed by atoms with Crippen LogP contribution in [0.2, 0.25) is 0 Å². The van der Waals surface area contributed by atoms with Crippen molar-refractivity contribution >= 4 is 35.1 Å². The molecule has 0 aliphatic carbocycles. The molecule has 1 aromatic carbocycles. The number of hydrogen-bond donors (Lipinski definition) is 0. The first kappa shape index (κ1) is 18.1. The molecule has 9 heteroatoms. The molecular weight excluding hydrogens is 363 g/mol. The summed E-state index contributed by atoms with van der Waals surface area (Å²) in [6, 6.07) is 6.45. The third kappa shape index (κ3) is 4.88. The van der Waals surface area contributed by atoms with Gasteiger partial charge in [0.1, 0.15) is 5.82 Å². The summed E-state index contributed by atoms with van der Waals surface area (Å²) >= 11 is 2.88. The van der Waals surface area contributed by atoms with Crippen molar-refractivity contribution in [2.75, 3.05) is 43.1 Å². The smallest absolute Gasteiger partial charge is 0.277 e. The third-order valence-electron chi connectivity index (χ3n) is 3.86. The highest BCUT2D eigenvalue weighted by atomic mass is 32.2. The minimum absolute atomic E-state index is 0.0633. The summed E-state index contributed by atoms with van der Waals surface area (Å²) in [6.07, 6.45) is 1.96. The van der Waals surface area contributed by atoms with Gasteiger partial charge in [0, 0.05) is 31.9 Å². The Bertz CT molecular complexity index is 702. The van der Waals surface area contributed by atoms with Crippen molar-refractivity contribution in [1.29, 1.82) is 0 Å². The topological polar surface area (TPSA) is 62.5 Å². The lowest BCUT2D eigenvalue weighted by Crippen LogP contribution is -2.49. The van der Waals surface area contributed by atoms with Crippen molar-refractivity contribution in [1.82, 2.24) is 15.1 Å². The van der Waals surface area contributed by atoms with E-state index in [0.717, 1.165) is 18.8 Å². The standard InChI is InChI=1S/C16H19FN4O2S2/c1-24-10-14-18-19-16(23-14)25-11-15(22)21-8-6-20(7-9-21)13-4-2-12(17)3-5-13/h2-5H,6-11H2,1H3. The number of aromatic nitrogens is 2. The summed E-state index contributed by atoms with van der Waals surface area (Å²) in [5.74, 6) is 1.37. The average Bonchev–Trinajstić information content (AvgIpc) is 3.08. The molecule has 1 amide bonds. The van der Waals surface area contributed by atoms with Crippen molar-refractivity contribution < 1.29 is 13.6 Å². The number of nitrogens with zero attached hydrogens (tertiary/aromatic N) is 4. The monoisotopic (exact) mass is 382 g/mol. The molecule has 134 valence electrons. The number of thioether (sulfide) groups is 2. The molecule has 0 bridgehead atoms. The van der Waals surface area contributed by atoms with E-state index >= 15 is 0 Å². The maximum atomic E-state index is 13.0. The van der Waals surface area contributed by atoms with Crippen LogP contribution in [-0.4, -0.2) is 59.2 Å². The molecule has 0 atom stereocenters. The molecular formula is C16H19FN4O2S2. The van der Waals surface area contributed by atoms with Gasteiger partial charge in [0.15, 0.2) is 0 Å². The molecule has 1 fully saturated rings. The van der Waals surface area contributed by atoms with Crippen LogP contribution in [0.1, 0.15) is 5.89 Å². The van der Waals surface area contributed by atoms with E-state index in [2.05, 4.69) is 15.1 Å². The van der Waals surface area contributed by atoms with Crippen molar-refractivity contribution in [3.05, 3.63) is 36.0 Å². The third-order valence-corrected chi connectivity index (χ3v) is 5.20. The maximum absolute atomic E-state index is 13.0. The van der Waals surface area contributed by atoms with Gasteiger partial charge < -0.3 is 14.2 Å². The van der Waals surface area contributed by atoms with Gasteiger partial charge in [-0.2, -0.15) is 11.8 Å². The second kappa shape index (κ2) is 8.57. The fourth-order valence-electron chi connectivity index (χ4n) is 2.56. The minimum Gasteiger partial charge on any atom is -0.415 e. The van der Waals surface area contributed by atoms with Gasteiger partial charge in [0.2, 0.25) is 11.8 Å². The van der Waals surface area contributed by atoms with E-state index in [1.807, 2.05) is 11.2 Å². The number of halogens is 1. The molecule has 1 aliphatic rings. The second-order valence-corrected chi connectivity index (χ2v) is 7.32. The maximum Gasteiger partial charge on any atom is 0.277 e. The number of amides is 1. The lowest BCUT2D eigenvalue weighted by atomic mass is 10.2. The van der Waals surface area contributed by atoms with Crippen LogP contribution in [0.25, 0.3) is 0 Å². The van der Waals surface area contributed by atoms with Crippen LogP contribution in [0.15, 0.2) is 33.9 Å². The molecule has 0 spiro atoms. The SMILES string of the molecule is CSCc1nnc(SCC(=O)N2CCN(c3ccc(F)cc3)CC2)o1. The quantitative estimate of drug-likeness (QED) is 0.712. The van der Waals surface area contributed by atoms with Crippen LogP contribution in [0.5, 0.6) is 0 Å². The molecule has 2 heterocycles. The molecule has 3 rings (SSSR count). The van der Waals surface area contributed by atoms with Gasteiger partial charge in [0.05, 0.1) is 11.5 Å². The Hall–Kier alpha value is -1.74. The predicted molar refractivity (Wildman–Crippen MR) is 97.4 cm³/mol. The predicted octanol–water partition coefficient (Wildman–Crippen LogP) is 2.51. The normalized spacial score (nSPS) is 14.8. The van der Waals surface area contributed by atoms with Gasteiger partial charge >= 0.3 is 0 Å². The van der Waals surface area contributed by atoms with E-state index in [-0.39, 0.29) is 17.5 Å². The molecule has 1 saturated heterocycles. The number of carbonyl (C=O) groups excluding carboxylic acids is 1. The van der Waals surface area contributed by atoms with Crippen molar-refractivity contribution in [2.45, 2.75) is 11.0 Å². The Kier molecular flexibility index (Phi) is 6.19. The Morgan fingerprint density at radius 1 is 1.20 bits per heavy atom. The highest BCUT2D eigenvalue weighted by Crippen LogP contribution is 2.20. The highest BCUT2D eigenvalue weighted by Gasteiger charge is 2.22. The first-order chi connectivity index (χ1) is 12.2. The van der Waals surface area contributed by atoms with Crippen molar-refractivity contribution in [3.63, 3.8) is 0 Å². The van der Waals surface area contributed by atoms with E-state index in [9.17, 15) is 9.18 Å². The number of carbonyl (C=O) groups is 1. The van der Waals surface area contributed by atoms with Crippen LogP contribution < -0.4 is 4.90 Å². The zero-order valence-electron chi connectivity index (χ0n) is 13.9. The summed E-state index contributed by atoms with van der Waals surface area (Å²) in [5.41, 5.74) is 0.982. The molecule has 2 aromatic rings. The van der Waals surface area contributed by atoms with Gasteiger partial charge in [-0.1, -0.05) is 11.8 Å².